The molecule has 6 heteroatoms. The van der Waals surface area contributed by atoms with Crippen LogP contribution in [0, 0.1) is 19.8 Å². The number of amides is 1. The standard InChI is InChI=1S/C15H25N3OS.ClH/c1-11-8-14(12(2)20-11)10-18-7-3-4-13(9-18)15(19)17-6-5-16;/h8,13H,3-7,9-10,16H2,1-2H3,(H,17,19);1H. The van der Waals surface area contributed by atoms with Crippen LogP contribution < -0.4 is 11.1 Å². The van der Waals surface area contributed by atoms with Gasteiger partial charge in [-0.2, -0.15) is 0 Å². The summed E-state index contributed by atoms with van der Waals surface area (Å²) in [6.07, 6.45) is 2.09. The average molecular weight is 332 g/mol. The summed E-state index contributed by atoms with van der Waals surface area (Å²) in [6.45, 7) is 8.35. The maximum atomic E-state index is 12.0. The molecule has 1 atom stereocenters. The Balaban J connectivity index is 0.00000220. The fourth-order valence-electron chi connectivity index (χ4n) is 2.83. The van der Waals surface area contributed by atoms with E-state index in [1.54, 1.807) is 0 Å². The first-order valence-electron chi connectivity index (χ1n) is 7.36. The molecule has 1 amide bonds. The Hall–Kier alpha value is -0.620. The Kier molecular flexibility index (Phi) is 7.66. The van der Waals surface area contributed by atoms with Gasteiger partial charge in [0.05, 0.1) is 5.92 Å². The van der Waals surface area contributed by atoms with Crippen LogP contribution in [-0.2, 0) is 11.3 Å². The molecule has 120 valence electrons. The number of likely N-dealkylation sites (tertiary alicyclic amines) is 1. The van der Waals surface area contributed by atoms with Gasteiger partial charge in [0.2, 0.25) is 5.91 Å². The summed E-state index contributed by atoms with van der Waals surface area (Å²) in [5.41, 5.74) is 6.84. The van der Waals surface area contributed by atoms with Crippen LogP contribution in [0.2, 0.25) is 0 Å². The number of rotatable bonds is 5. The third kappa shape index (κ3) is 5.25. The quantitative estimate of drug-likeness (QED) is 0.868. The van der Waals surface area contributed by atoms with Crippen molar-refractivity contribution in [2.45, 2.75) is 33.2 Å². The van der Waals surface area contributed by atoms with Gasteiger partial charge < -0.3 is 11.1 Å². The van der Waals surface area contributed by atoms with Crippen molar-refractivity contribution >= 4 is 29.7 Å². The Morgan fingerprint density at radius 2 is 2.29 bits per heavy atom. The van der Waals surface area contributed by atoms with Crippen molar-refractivity contribution in [1.29, 1.82) is 0 Å². The molecule has 2 heterocycles. The Bertz CT molecular complexity index is 464. The van der Waals surface area contributed by atoms with Crippen molar-refractivity contribution in [3.8, 4) is 0 Å². The number of nitrogens with two attached hydrogens (primary N) is 1. The lowest BCUT2D eigenvalue weighted by molar-refractivity contribution is -0.126. The number of carbonyl (C=O) groups excluding carboxylic acids is 1. The van der Waals surface area contributed by atoms with E-state index in [0.29, 0.717) is 13.1 Å². The zero-order chi connectivity index (χ0) is 14.5. The molecule has 3 N–H and O–H groups in total. The van der Waals surface area contributed by atoms with Crippen molar-refractivity contribution in [2.75, 3.05) is 26.2 Å². The number of nitrogens with zero attached hydrogens (tertiary/aromatic N) is 1. The molecular weight excluding hydrogens is 306 g/mol. The summed E-state index contributed by atoms with van der Waals surface area (Å²) < 4.78 is 0. The van der Waals surface area contributed by atoms with Gasteiger partial charge in [0, 0.05) is 35.9 Å². The number of carbonyl (C=O) groups is 1. The van der Waals surface area contributed by atoms with E-state index in [0.717, 1.165) is 32.5 Å². The van der Waals surface area contributed by atoms with Gasteiger partial charge in [-0.05, 0) is 44.9 Å². The lowest BCUT2D eigenvalue weighted by Crippen LogP contribution is -2.43. The van der Waals surface area contributed by atoms with E-state index in [2.05, 4.69) is 30.1 Å². The number of piperidine rings is 1. The number of aryl methyl sites for hydroxylation is 2. The van der Waals surface area contributed by atoms with Crippen molar-refractivity contribution in [1.82, 2.24) is 10.2 Å². The fraction of sp³-hybridized carbons (Fsp3) is 0.667. The van der Waals surface area contributed by atoms with Gasteiger partial charge in [-0.25, -0.2) is 0 Å². The topological polar surface area (TPSA) is 58.4 Å². The Labute approximate surface area is 137 Å². The summed E-state index contributed by atoms with van der Waals surface area (Å²) in [5.74, 6) is 0.286. The number of nitrogens with one attached hydrogen (secondary N) is 1. The number of halogens is 1. The smallest absolute Gasteiger partial charge is 0.224 e. The summed E-state index contributed by atoms with van der Waals surface area (Å²) in [5, 5.41) is 2.91. The second-order valence-corrected chi connectivity index (χ2v) is 7.05. The molecule has 1 aliphatic rings. The molecule has 1 aromatic heterocycles. The predicted molar refractivity (Wildman–Crippen MR) is 91.1 cm³/mol. The van der Waals surface area contributed by atoms with E-state index in [-0.39, 0.29) is 24.2 Å². The summed E-state index contributed by atoms with van der Waals surface area (Å²) >= 11 is 1.86. The van der Waals surface area contributed by atoms with Crippen molar-refractivity contribution in [3.63, 3.8) is 0 Å². The molecule has 0 bridgehead atoms. The third-order valence-electron chi connectivity index (χ3n) is 3.86. The van der Waals surface area contributed by atoms with Gasteiger partial charge in [0.1, 0.15) is 0 Å². The summed E-state index contributed by atoms with van der Waals surface area (Å²) in [7, 11) is 0. The van der Waals surface area contributed by atoms with Gasteiger partial charge in [-0.3, -0.25) is 9.69 Å². The fourth-order valence-corrected chi connectivity index (χ4v) is 3.77. The minimum atomic E-state index is 0. The van der Waals surface area contributed by atoms with Gasteiger partial charge in [-0.1, -0.05) is 0 Å². The van der Waals surface area contributed by atoms with Gasteiger partial charge >= 0.3 is 0 Å². The normalized spacial score (nSPS) is 19.1. The van der Waals surface area contributed by atoms with Crippen LogP contribution in [0.25, 0.3) is 0 Å². The number of hydrogen-bond acceptors (Lipinski definition) is 4. The molecule has 1 fully saturated rings. The van der Waals surface area contributed by atoms with Crippen LogP contribution in [0.4, 0.5) is 0 Å². The first-order chi connectivity index (χ1) is 9.60. The lowest BCUT2D eigenvalue weighted by Gasteiger charge is -2.32. The van der Waals surface area contributed by atoms with Crippen LogP contribution >= 0.6 is 23.7 Å². The number of hydrogen-bond donors (Lipinski definition) is 2. The average Bonchev–Trinajstić information content (AvgIpc) is 2.74. The van der Waals surface area contributed by atoms with E-state index in [4.69, 9.17) is 5.73 Å². The van der Waals surface area contributed by atoms with Gasteiger partial charge in [0.15, 0.2) is 0 Å². The zero-order valence-corrected chi connectivity index (χ0v) is 14.5. The highest BCUT2D eigenvalue weighted by Crippen LogP contribution is 2.24. The van der Waals surface area contributed by atoms with Gasteiger partial charge in [0.25, 0.3) is 0 Å². The molecular formula is C15H26ClN3OS. The first-order valence-corrected chi connectivity index (χ1v) is 8.18. The highest BCUT2D eigenvalue weighted by Gasteiger charge is 2.25. The second-order valence-electron chi connectivity index (χ2n) is 5.59. The van der Waals surface area contributed by atoms with E-state index in [9.17, 15) is 4.79 Å². The largest absolute Gasteiger partial charge is 0.355 e. The summed E-state index contributed by atoms with van der Waals surface area (Å²) in [6, 6.07) is 2.28. The van der Waals surface area contributed by atoms with E-state index >= 15 is 0 Å². The number of thiophene rings is 1. The molecule has 2 rings (SSSR count). The van der Waals surface area contributed by atoms with Crippen LogP contribution in [-0.4, -0.2) is 37.0 Å². The van der Waals surface area contributed by atoms with Crippen LogP contribution in [0.1, 0.15) is 28.2 Å². The first kappa shape index (κ1) is 18.4. The second kappa shape index (κ2) is 8.73. The maximum absolute atomic E-state index is 12.0. The van der Waals surface area contributed by atoms with Crippen molar-refractivity contribution in [3.05, 3.63) is 21.4 Å². The van der Waals surface area contributed by atoms with Crippen molar-refractivity contribution < 1.29 is 4.79 Å². The minimum absolute atomic E-state index is 0. The zero-order valence-electron chi connectivity index (χ0n) is 12.9. The molecule has 4 nitrogen and oxygen atoms in total. The lowest BCUT2D eigenvalue weighted by atomic mass is 9.96. The predicted octanol–water partition coefficient (Wildman–Crippen LogP) is 2.07. The highest BCUT2D eigenvalue weighted by molar-refractivity contribution is 7.12. The Morgan fingerprint density at radius 3 is 2.90 bits per heavy atom. The van der Waals surface area contributed by atoms with Crippen LogP contribution in [0.3, 0.4) is 0 Å². The molecule has 0 spiro atoms. The molecule has 21 heavy (non-hydrogen) atoms. The molecule has 0 aromatic carbocycles. The van der Waals surface area contributed by atoms with Crippen LogP contribution in [0.15, 0.2) is 6.07 Å². The SMILES string of the molecule is Cc1cc(CN2CCCC(C(=O)NCCN)C2)c(C)s1.Cl. The van der Waals surface area contributed by atoms with Crippen LogP contribution in [0.5, 0.6) is 0 Å². The van der Waals surface area contributed by atoms with Crippen molar-refractivity contribution in [2.24, 2.45) is 11.7 Å². The van der Waals surface area contributed by atoms with E-state index in [1.807, 2.05) is 11.3 Å². The highest BCUT2D eigenvalue weighted by atomic mass is 35.5. The monoisotopic (exact) mass is 331 g/mol. The Morgan fingerprint density at radius 1 is 1.52 bits per heavy atom. The molecule has 1 saturated heterocycles. The minimum Gasteiger partial charge on any atom is -0.355 e. The third-order valence-corrected chi connectivity index (χ3v) is 4.87. The summed E-state index contributed by atoms with van der Waals surface area (Å²) in [4.78, 5) is 17.2. The molecule has 1 aromatic rings. The maximum Gasteiger partial charge on any atom is 0.224 e. The molecule has 0 aliphatic carbocycles. The molecule has 1 unspecified atom stereocenters. The molecule has 0 radical (unpaired) electrons. The van der Waals surface area contributed by atoms with Gasteiger partial charge in [-0.15, -0.1) is 23.7 Å². The molecule has 0 saturated carbocycles. The van der Waals surface area contributed by atoms with E-state index in [1.165, 1.54) is 15.3 Å². The molecule has 1 aliphatic heterocycles. The van der Waals surface area contributed by atoms with E-state index < -0.39 is 0 Å².